The van der Waals surface area contributed by atoms with Gasteiger partial charge in [0.05, 0.1) is 5.69 Å². The quantitative estimate of drug-likeness (QED) is 0.597. The van der Waals surface area contributed by atoms with Crippen LogP contribution in [-0.4, -0.2) is 84.4 Å². The van der Waals surface area contributed by atoms with E-state index in [1.165, 1.54) is 11.3 Å². The van der Waals surface area contributed by atoms with Crippen LogP contribution in [0.2, 0.25) is 0 Å². The van der Waals surface area contributed by atoms with E-state index in [1.807, 2.05) is 7.05 Å². The number of likely N-dealkylation sites (N-methyl/N-ethyl adjacent to an activating group) is 1. The van der Waals surface area contributed by atoms with Crippen molar-refractivity contribution < 1.29 is 0 Å². The molecule has 1 aliphatic heterocycles. The van der Waals surface area contributed by atoms with Gasteiger partial charge in [0.2, 0.25) is 0 Å². The van der Waals surface area contributed by atoms with Crippen LogP contribution in [0.5, 0.6) is 0 Å². The molecule has 1 fully saturated rings. The van der Waals surface area contributed by atoms with E-state index >= 15 is 0 Å². The van der Waals surface area contributed by atoms with Gasteiger partial charge in [0.25, 0.3) is 0 Å². The number of rotatable bonds is 5. The lowest BCUT2D eigenvalue weighted by molar-refractivity contribution is 0.120. The molecule has 0 saturated carbocycles. The van der Waals surface area contributed by atoms with Gasteiger partial charge in [-0.1, -0.05) is 0 Å². The van der Waals surface area contributed by atoms with Crippen molar-refractivity contribution in [2.75, 3.05) is 46.8 Å². The van der Waals surface area contributed by atoms with Gasteiger partial charge < -0.3 is 15.5 Å². The number of hydrogen-bond acceptors (Lipinski definition) is 4. The Morgan fingerprint density at radius 2 is 2.00 bits per heavy atom. The number of piperazine rings is 1. The van der Waals surface area contributed by atoms with Crippen molar-refractivity contribution in [1.82, 2.24) is 30.2 Å². The molecule has 0 radical (unpaired) electrons. The van der Waals surface area contributed by atoms with Crippen LogP contribution in [-0.2, 0) is 12.8 Å². The number of aryl methyl sites for hydroxylation is 1. The summed E-state index contributed by atoms with van der Waals surface area (Å²) in [6, 6.07) is 1.34. The van der Waals surface area contributed by atoms with Crippen LogP contribution in [0.4, 0.5) is 0 Å². The van der Waals surface area contributed by atoms with Crippen molar-refractivity contribution in [3.8, 4) is 0 Å². The molecule has 1 aliphatic carbocycles. The smallest absolute Gasteiger partial charge is 0.191 e. The Kier molecular flexibility index (Phi) is 6.76. The topological polar surface area (TPSA) is 60.7 Å². The third kappa shape index (κ3) is 5.23. The molecular formula is C20H37N7. The zero-order chi connectivity index (χ0) is 19.4. The first-order valence-corrected chi connectivity index (χ1v) is 10.4. The highest BCUT2D eigenvalue weighted by atomic mass is 15.3. The van der Waals surface area contributed by atoms with Crippen molar-refractivity contribution in [3.05, 3.63) is 17.5 Å². The second-order valence-electron chi connectivity index (χ2n) is 8.40. The summed E-state index contributed by atoms with van der Waals surface area (Å²) in [4.78, 5) is 9.40. The van der Waals surface area contributed by atoms with E-state index in [2.05, 4.69) is 64.1 Å². The molecule has 2 N–H and O–H groups in total. The van der Waals surface area contributed by atoms with Crippen molar-refractivity contribution in [2.45, 2.75) is 58.2 Å². The van der Waals surface area contributed by atoms with Gasteiger partial charge >= 0.3 is 0 Å². The minimum Gasteiger partial charge on any atom is -0.355 e. The average molecular weight is 376 g/mol. The summed E-state index contributed by atoms with van der Waals surface area (Å²) in [5, 5.41) is 11.9. The summed E-state index contributed by atoms with van der Waals surface area (Å²) >= 11 is 0. The second-order valence-corrected chi connectivity index (χ2v) is 8.40. The number of nitrogens with zero attached hydrogens (tertiary/aromatic N) is 5. The molecule has 2 aliphatic rings. The normalized spacial score (nSPS) is 23.3. The van der Waals surface area contributed by atoms with Gasteiger partial charge in [-0.3, -0.25) is 14.6 Å². The Morgan fingerprint density at radius 1 is 1.26 bits per heavy atom. The minimum atomic E-state index is 0.401. The van der Waals surface area contributed by atoms with Gasteiger partial charge in [-0.05, 0) is 46.2 Å². The molecule has 1 saturated heterocycles. The van der Waals surface area contributed by atoms with Crippen molar-refractivity contribution >= 4 is 5.96 Å². The van der Waals surface area contributed by atoms with Crippen molar-refractivity contribution in [2.24, 2.45) is 4.99 Å². The van der Waals surface area contributed by atoms with Gasteiger partial charge in [0.15, 0.2) is 5.96 Å². The Morgan fingerprint density at radius 3 is 2.67 bits per heavy atom. The fraction of sp³-hybridized carbons (Fsp3) is 0.800. The van der Waals surface area contributed by atoms with E-state index in [4.69, 9.17) is 5.10 Å². The van der Waals surface area contributed by atoms with E-state index < -0.39 is 0 Å². The highest BCUT2D eigenvalue weighted by Crippen LogP contribution is 2.21. The Balaban J connectivity index is 1.47. The minimum absolute atomic E-state index is 0.401. The molecule has 27 heavy (non-hydrogen) atoms. The summed E-state index contributed by atoms with van der Waals surface area (Å²) in [6.07, 6.45) is 5.42. The molecule has 1 aromatic rings. The number of guanidine groups is 1. The summed E-state index contributed by atoms with van der Waals surface area (Å²) in [6.45, 7) is 12.2. The summed E-state index contributed by atoms with van der Waals surface area (Å²) < 4.78 is 2.10. The largest absolute Gasteiger partial charge is 0.355 e. The summed E-state index contributed by atoms with van der Waals surface area (Å²) in [7, 11) is 4.06. The zero-order valence-corrected chi connectivity index (χ0v) is 17.7. The third-order valence-corrected chi connectivity index (χ3v) is 5.92. The van der Waals surface area contributed by atoms with Crippen LogP contribution < -0.4 is 10.6 Å². The lowest BCUT2D eigenvalue weighted by atomic mass is 9.94. The van der Waals surface area contributed by atoms with Gasteiger partial charge in [-0.25, -0.2) is 0 Å². The highest BCUT2D eigenvalue weighted by molar-refractivity contribution is 5.80. The van der Waals surface area contributed by atoms with Gasteiger partial charge in [0.1, 0.15) is 0 Å². The van der Waals surface area contributed by atoms with Gasteiger partial charge in [-0.2, -0.15) is 5.10 Å². The molecule has 2 heterocycles. The highest BCUT2D eigenvalue weighted by Gasteiger charge is 2.24. The lowest BCUT2D eigenvalue weighted by Crippen LogP contribution is -2.53. The monoisotopic (exact) mass is 375 g/mol. The van der Waals surface area contributed by atoms with Crippen LogP contribution in [0, 0.1) is 0 Å². The van der Waals surface area contributed by atoms with E-state index in [0.29, 0.717) is 18.1 Å². The molecule has 3 rings (SSSR count). The molecule has 152 valence electrons. The Bertz CT molecular complexity index is 628. The average Bonchev–Trinajstić information content (AvgIpc) is 3.09. The first-order valence-electron chi connectivity index (χ1n) is 10.4. The molecule has 2 unspecified atom stereocenters. The van der Waals surface area contributed by atoms with Crippen molar-refractivity contribution in [3.63, 3.8) is 0 Å². The van der Waals surface area contributed by atoms with Crippen LogP contribution in [0.1, 0.15) is 44.5 Å². The fourth-order valence-corrected chi connectivity index (χ4v) is 3.92. The molecule has 0 spiro atoms. The first kappa shape index (κ1) is 20.1. The number of aliphatic imine (C=N–C) groups is 1. The Hall–Kier alpha value is -1.60. The van der Waals surface area contributed by atoms with E-state index in [9.17, 15) is 0 Å². The molecule has 0 amide bonds. The predicted molar refractivity (Wildman–Crippen MR) is 111 cm³/mol. The molecular weight excluding hydrogens is 338 g/mol. The maximum atomic E-state index is 4.78. The molecule has 1 aromatic heterocycles. The second kappa shape index (κ2) is 9.06. The number of aromatic nitrogens is 2. The standard InChI is InChI=1S/C20H37N7/c1-15(2)27-14-17-6-7-18(12-19(17)24-27)23-20(21-4)22-13-16(3)26-10-8-25(5)9-11-26/h14-16,18H,6-13H2,1-5H3,(H2,21,22,23). The maximum Gasteiger partial charge on any atom is 0.191 e. The van der Waals surface area contributed by atoms with Crippen LogP contribution in [0.15, 0.2) is 11.2 Å². The zero-order valence-electron chi connectivity index (χ0n) is 17.7. The summed E-state index contributed by atoms with van der Waals surface area (Å²) in [5.74, 6) is 0.910. The molecule has 7 heteroatoms. The number of fused-ring (bicyclic) bond motifs is 1. The molecule has 0 aromatic carbocycles. The molecule has 7 nitrogen and oxygen atoms in total. The van der Waals surface area contributed by atoms with Crippen LogP contribution >= 0.6 is 0 Å². The number of hydrogen-bond donors (Lipinski definition) is 2. The third-order valence-electron chi connectivity index (χ3n) is 5.92. The first-order chi connectivity index (χ1) is 13.0. The predicted octanol–water partition coefficient (Wildman–Crippen LogP) is 1.12. The van der Waals surface area contributed by atoms with E-state index in [1.54, 1.807) is 0 Å². The van der Waals surface area contributed by atoms with E-state index in [0.717, 1.165) is 57.9 Å². The molecule has 0 bridgehead atoms. The number of nitrogens with one attached hydrogen (secondary N) is 2. The fourth-order valence-electron chi connectivity index (χ4n) is 3.92. The Labute approximate surface area is 164 Å². The van der Waals surface area contributed by atoms with Crippen molar-refractivity contribution in [1.29, 1.82) is 0 Å². The molecule has 2 atom stereocenters. The summed E-state index contributed by atoms with van der Waals surface area (Å²) in [5.41, 5.74) is 2.65. The van der Waals surface area contributed by atoms with Gasteiger partial charge in [-0.15, -0.1) is 0 Å². The maximum absolute atomic E-state index is 4.78. The van der Waals surface area contributed by atoms with E-state index in [-0.39, 0.29) is 0 Å². The SMILES string of the molecule is CN=C(NCC(C)N1CCN(C)CC1)NC1CCc2cn(C(C)C)nc2C1. The lowest BCUT2D eigenvalue weighted by Gasteiger charge is -2.36. The van der Waals surface area contributed by atoms with Crippen LogP contribution in [0.3, 0.4) is 0 Å². The van der Waals surface area contributed by atoms with Gasteiger partial charge in [0, 0.05) is 70.5 Å². The van der Waals surface area contributed by atoms with Crippen LogP contribution in [0.25, 0.3) is 0 Å².